The van der Waals surface area contributed by atoms with E-state index >= 15 is 0 Å². The first-order valence-corrected chi connectivity index (χ1v) is 8.58. The van der Waals surface area contributed by atoms with Gasteiger partial charge in [-0.3, -0.25) is 10.0 Å². The Kier molecular flexibility index (Phi) is 4.93. The van der Waals surface area contributed by atoms with Gasteiger partial charge in [-0.1, -0.05) is 0 Å². The zero-order chi connectivity index (χ0) is 15.5. The van der Waals surface area contributed by atoms with E-state index in [-0.39, 0.29) is 0 Å². The Morgan fingerprint density at radius 2 is 2.23 bits per heavy atom. The van der Waals surface area contributed by atoms with Crippen LogP contribution in [0, 0.1) is 6.92 Å². The third kappa shape index (κ3) is 3.10. The zero-order valence-electron chi connectivity index (χ0n) is 13.2. The first-order chi connectivity index (χ1) is 10.7. The highest BCUT2D eigenvalue weighted by Gasteiger charge is 2.21. The second kappa shape index (κ2) is 6.91. The number of piperidine rings is 1. The number of aryl methyl sites for hydroxylation is 1. The van der Waals surface area contributed by atoms with Gasteiger partial charge in [0.1, 0.15) is 5.75 Å². The molecule has 0 spiro atoms. The van der Waals surface area contributed by atoms with E-state index < -0.39 is 0 Å². The first-order valence-electron chi connectivity index (χ1n) is 7.70. The summed E-state index contributed by atoms with van der Waals surface area (Å²) in [6.07, 6.45) is 4.28. The maximum absolute atomic E-state index is 5.63. The summed E-state index contributed by atoms with van der Waals surface area (Å²) in [7, 11) is 1.76. The molecule has 0 amide bonds. The number of methoxy groups -OCH3 is 1. The van der Waals surface area contributed by atoms with E-state index in [2.05, 4.69) is 33.7 Å². The highest BCUT2D eigenvalue weighted by Crippen LogP contribution is 2.32. The number of H-pyrrole nitrogens is 1. The third-order valence-corrected chi connectivity index (χ3v) is 5.00. The van der Waals surface area contributed by atoms with Crippen molar-refractivity contribution in [2.24, 2.45) is 5.14 Å². The van der Waals surface area contributed by atoms with Crippen LogP contribution in [0.1, 0.15) is 24.0 Å². The molecule has 0 saturated carbocycles. The maximum Gasteiger partial charge on any atom is 0.124 e. The minimum atomic E-state index is 0.526. The predicted octanol–water partition coefficient (Wildman–Crippen LogP) is 2.56. The van der Waals surface area contributed by atoms with Crippen molar-refractivity contribution in [3.05, 3.63) is 29.5 Å². The van der Waals surface area contributed by atoms with E-state index in [1.54, 1.807) is 7.11 Å². The molecule has 120 valence electrons. The summed E-state index contributed by atoms with van der Waals surface area (Å²) in [5.41, 5.74) is 3.72. The van der Waals surface area contributed by atoms with Gasteiger partial charge in [0.2, 0.25) is 0 Å². The molecule has 6 heteroatoms. The van der Waals surface area contributed by atoms with Crippen LogP contribution in [-0.2, 0) is 6.54 Å². The lowest BCUT2D eigenvalue weighted by atomic mass is 10.0. The van der Waals surface area contributed by atoms with E-state index in [1.807, 2.05) is 6.20 Å². The van der Waals surface area contributed by atoms with Crippen LogP contribution < -0.4 is 14.6 Å². The number of nitrogens with zero attached hydrogens (tertiary/aromatic N) is 1. The van der Waals surface area contributed by atoms with Crippen LogP contribution in [-0.4, -0.2) is 36.1 Å². The molecule has 1 aliphatic heterocycles. The molecule has 0 aliphatic carbocycles. The lowest BCUT2D eigenvalue weighted by molar-refractivity contribution is 0.200. The van der Waals surface area contributed by atoms with Gasteiger partial charge in [0, 0.05) is 60.5 Å². The van der Waals surface area contributed by atoms with Gasteiger partial charge in [-0.05, 0) is 37.5 Å². The van der Waals surface area contributed by atoms with E-state index in [0.717, 1.165) is 38.2 Å². The SMILES string of the molecule is COc1cc(C)c2[nH]ccc2c1CN1CCC(NSN)CC1. The fraction of sp³-hybridized carbons (Fsp3) is 0.500. The fourth-order valence-electron chi connectivity index (χ4n) is 3.31. The number of rotatable bonds is 5. The molecule has 2 aromatic rings. The number of benzene rings is 1. The van der Waals surface area contributed by atoms with E-state index in [0.29, 0.717) is 6.04 Å². The molecule has 1 aliphatic rings. The average molecular weight is 320 g/mol. The van der Waals surface area contributed by atoms with Crippen molar-refractivity contribution in [3.8, 4) is 5.75 Å². The Bertz CT molecular complexity index is 634. The Balaban J connectivity index is 1.79. The second-order valence-corrected chi connectivity index (χ2v) is 6.40. The minimum Gasteiger partial charge on any atom is -0.496 e. The summed E-state index contributed by atoms with van der Waals surface area (Å²) < 4.78 is 8.89. The molecule has 0 bridgehead atoms. The van der Waals surface area contributed by atoms with Crippen molar-refractivity contribution < 1.29 is 4.74 Å². The molecule has 1 aromatic carbocycles. The lowest BCUT2D eigenvalue weighted by Gasteiger charge is -2.32. The highest BCUT2D eigenvalue weighted by molar-refractivity contribution is 7.95. The summed E-state index contributed by atoms with van der Waals surface area (Å²) in [5.74, 6) is 0.988. The third-order valence-electron chi connectivity index (χ3n) is 4.54. The molecular formula is C16H24N4OS. The number of aromatic amines is 1. The Labute approximate surface area is 135 Å². The van der Waals surface area contributed by atoms with Crippen molar-refractivity contribution in [2.75, 3.05) is 20.2 Å². The van der Waals surface area contributed by atoms with Crippen molar-refractivity contribution in [1.29, 1.82) is 0 Å². The van der Waals surface area contributed by atoms with Gasteiger partial charge in [-0.15, -0.1) is 0 Å². The Hall–Kier alpha value is -1.21. The summed E-state index contributed by atoms with van der Waals surface area (Å²) in [6, 6.07) is 4.81. The number of hydrogen-bond acceptors (Lipinski definition) is 5. The fourth-order valence-corrected chi connectivity index (χ4v) is 3.74. The van der Waals surface area contributed by atoms with Gasteiger partial charge in [-0.25, -0.2) is 4.72 Å². The van der Waals surface area contributed by atoms with Crippen molar-refractivity contribution in [3.63, 3.8) is 0 Å². The van der Waals surface area contributed by atoms with Crippen LogP contribution in [0.15, 0.2) is 18.3 Å². The molecule has 4 N–H and O–H groups in total. The molecule has 1 saturated heterocycles. The molecule has 2 heterocycles. The zero-order valence-corrected chi connectivity index (χ0v) is 14.0. The van der Waals surface area contributed by atoms with Gasteiger partial charge in [0.05, 0.1) is 7.11 Å². The average Bonchev–Trinajstić information content (AvgIpc) is 3.02. The quantitative estimate of drug-likeness (QED) is 0.739. The lowest BCUT2D eigenvalue weighted by Crippen LogP contribution is -2.40. The van der Waals surface area contributed by atoms with Crippen LogP contribution in [0.25, 0.3) is 10.9 Å². The number of likely N-dealkylation sites (tertiary alicyclic amines) is 1. The number of hydrogen-bond donors (Lipinski definition) is 3. The first kappa shape index (κ1) is 15.7. The van der Waals surface area contributed by atoms with Gasteiger partial charge in [0.25, 0.3) is 0 Å². The molecule has 0 atom stereocenters. The molecule has 1 aromatic heterocycles. The number of aromatic nitrogens is 1. The highest BCUT2D eigenvalue weighted by atomic mass is 32.2. The van der Waals surface area contributed by atoms with Crippen LogP contribution in [0.2, 0.25) is 0 Å². The standard InChI is InChI=1S/C16H24N4OS/c1-11-9-15(21-2)14(13-3-6-18-16(11)13)10-20-7-4-12(5-8-20)19-22-17/h3,6,9,12,18-19H,4-5,7-8,10,17H2,1-2H3. The number of ether oxygens (including phenoxy) is 1. The van der Waals surface area contributed by atoms with Crippen LogP contribution >= 0.6 is 12.1 Å². The van der Waals surface area contributed by atoms with Gasteiger partial charge in [0.15, 0.2) is 0 Å². The van der Waals surface area contributed by atoms with Gasteiger partial charge >= 0.3 is 0 Å². The van der Waals surface area contributed by atoms with Crippen molar-refractivity contribution >= 4 is 23.0 Å². The molecule has 0 unspecified atom stereocenters. The number of nitrogens with two attached hydrogens (primary N) is 1. The summed E-state index contributed by atoms with van der Waals surface area (Å²) in [5, 5.41) is 6.76. The summed E-state index contributed by atoms with van der Waals surface area (Å²) in [4.78, 5) is 5.84. The number of fused-ring (bicyclic) bond motifs is 1. The van der Waals surface area contributed by atoms with E-state index in [4.69, 9.17) is 9.88 Å². The van der Waals surface area contributed by atoms with Crippen LogP contribution in [0.4, 0.5) is 0 Å². The van der Waals surface area contributed by atoms with E-state index in [1.165, 1.54) is 34.2 Å². The molecule has 1 fully saturated rings. The largest absolute Gasteiger partial charge is 0.496 e. The van der Waals surface area contributed by atoms with E-state index in [9.17, 15) is 0 Å². The summed E-state index contributed by atoms with van der Waals surface area (Å²) >= 11 is 1.23. The topological polar surface area (TPSA) is 66.3 Å². The molecule has 3 rings (SSSR count). The van der Waals surface area contributed by atoms with Crippen LogP contribution in [0.5, 0.6) is 5.75 Å². The number of nitrogens with one attached hydrogen (secondary N) is 2. The molecule has 5 nitrogen and oxygen atoms in total. The molecule has 0 radical (unpaired) electrons. The summed E-state index contributed by atoms with van der Waals surface area (Å²) in [6.45, 7) is 5.22. The Morgan fingerprint density at radius 3 is 2.91 bits per heavy atom. The molecule has 22 heavy (non-hydrogen) atoms. The van der Waals surface area contributed by atoms with Crippen molar-refractivity contribution in [2.45, 2.75) is 32.4 Å². The van der Waals surface area contributed by atoms with Crippen LogP contribution in [0.3, 0.4) is 0 Å². The monoisotopic (exact) mass is 320 g/mol. The van der Waals surface area contributed by atoms with Gasteiger partial charge < -0.3 is 9.72 Å². The molecular weight excluding hydrogens is 296 g/mol. The maximum atomic E-state index is 5.63. The smallest absolute Gasteiger partial charge is 0.124 e. The second-order valence-electron chi connectivity index (χ2n) is 5.93. The Morgan fingerprint density at radius 1 is 1.45 bits per heavy atom. The van der Waals surface area contributed by atoms with Gasteiger partial charge in [-0.2, -0.15) is 0 Å². The normalized spacial score (nSPS) is 17.2. The van der Waals surface area contributed by atoms with Crippen molar-refractivity contribution in [1.82, 2.24) is 14.6 Å². The predicted molar refractivity (Wildman–Crippen MR) is 92.8 cm³/mol. The minimum absolute atomic E-state index is 0.526.